The molecule has 2 rings (SSSR count). The molecule has 1 aliphatic heterocycles. The van der Waals surface area contributed by atoms with Crippen molar-refractivity contribution in [1.82, 2.24) is 21.2 Å². The monoisotopic (exact) mass is 622 g/mol. The van der Waals surface area contributed by atoms with Gasteiger partial charge in [0.1, 0.15) is 18.8 Å². The van der Waals surface area contributed by atoms with Crippen LogP contribution in [-0.2, 0) is 28.5 Å². The highest BCUT2D eigenvalue weighted by Gasteiger charge is 2.64. The number of rotatable bonds is 19. The summed E-state index contributed by atoms with van der Waals surface area (Å²) in [5.74, 6) is -0.271. The number of epoxide rings is 1. The highest BCUT2D eigenvalue weighted by atomic mass is 16.6. The number of methoxy groups -OCH3 is 1. The predicted octanol–water partition coefficient (Wildman–Crippen LogP) is 3.14. The molecule has 4 N–H and O–H groups in total. The molecule has 1 aliphatic carbocycles. The third kappa shape index (κ3) is 12.6. The molecule has 0 aromatic carbocycles. The molecule has 12 nitrogen and oxygen atoms in total. The minimum atomic E-state index is -0.580. The van der Waals surface area contributed by atoms with Gasteiger partial charge in [-0.25, -0.2) is 9.59 Å². The number of carbonyl (C=O) groups is 3. The largest absolute Gasteiger partial charge is 0.447 e. The zero-order valence-electron chi connectivity index (χ0n) is 27.8. The van der Waals surface area contributed by atoms with Gasteiger partial charge < -0.3 is 44.9 Å². The molecule has 3 unspecified atom stereocenters. The maximum Gasteiger partial charge on any atom is 0.407 e. The van der Waals surface area contributed by atoms with Crippen molar-refractivity contribution in [3.05, 3.63) is 11.6 Å². The third-order valence-electron chi connectivity index (χ3n) is 8.32. The minimum Gasteiger partial charge on any atom is -0.447 e. The lowest BCUT2D eigenvalue weighted by Gasteiger charge is -2.47. The van der Waals surface area contributed by atoms with E-state index in [0.29, 0.717) is 32.7 Å². The highest BCUT2D eigenvalue weighted by Crippen LogP contribution is 2.52. The first-order valence-electron chi connectivity index (χ1n) is 15.9. The topological polar surface area (TPSA) is 149 Å². The molecule has 1 saturated carbocycles. The summed E-state index contributed by atoms with van der Waals surface area (Å²) < 4.78 is 29.5. The van der Waals surface area contributed by atoms with Gasteiger partial charge in [-0.05, 0) is 59.3 Å². The minimum absolute atomic E-state index is 0.000607. The van der Waals surface area contributed by atoms with E-state index in [1.165, 1.54) is 5.57 Å². The van der Waals surface area contributed by atoms with E-state index in [9.17, 15) is 14.4 Å². The number of ether oxygens (including phenoxy) is 5. The molecule has 2 fully saturated rings. The van der Waals surface area contributed by atoms with Gasteiger partial charge in [0.2, 0.25) is 5.91 Å². The molecule has 2 radical (unpaired) electrons. The zero-order valence-corrected chi connectivity index (χ0v) is 27.8. The predicted molar refractivity (Wildman–Crippen MR) is 168 cm³/mol. The number of alkyl carbamates (subject to hydrolysis) is 2. The highest BCUT2D eigenvalue weighted by molar-refractivity contribution is 6.06. The van der Waals surface area contributed by atoms with Crippen LogP contribution in [0.1, 0.15) is 80.1 Å². The summed E-state index contributed by atoms with van der Waals surface area (Å²) in [6.45, 7) is 14.3. The molecule has 3 amide bonds. The number of hydrogen-bond acceptors (Lipinski definition) is 9. The Morgan fingerprint density at radius 1 is 1.07 bits per heavy atom. The standard InChI is InChI=1S/C31H55BN4O8/c1-21(2)13-17-42-30(5,6)27-26(40-7)24(12-14-31(27)20-43-31)44-29(39)36-23(22(3)4)19-41-28(38)34-16-11-9-8-10-15-33-25(37)18-35-32/h13,22-24,26-27,35H,8-12,14-20H2,1-7H3,(H,33,37)(H,34,38)(H,36,39)/t23-,24?,26?,27?,31-/m0/s1. The van der Waals surface area contributed by atoms with Gasteiger partial charge >= 0.3 is 12.2 Å². The molecule has 0 aromatic heterocycles. The molecule has 5 atom stereocenters. The van der Waals surface area contributed by atoms with Gasteiger partial charge in [-0.1, -0.05) is 38.3 Å². The summed E-state index contributed by atoms with van der Waals surface area (Å²) in [6.07, 6.45) is 4.85. The number of amides is 3. The van der Waals surface area contributed by atoms with Crippen molar-refractivity contribution in [2.75, 3.05) is 46.6 Å². The SMILES string of the molecule is [B]NCC(=O)NCCCCCCNC(=O)OC[C@H](NC(=O)OC1CC[C@]2(CO2)C(C(C)(C)OCC=C(C)C)C1OC)C(C)C. The van der Waals surface area contributed by atoms with Crippen LogP contribution >= 0.6 is 0 Å². The van der Waals surface area contributed by atoms with Crippen LogP contribution in [0.25, 0.3) is 0 Å². The number of carbonyl (C=O) groups excluding carboxylic acids is 3. The second-order valence-corrected chi connectivity index (χ2v) is 12.9. The van der Waals surface area contributed by atoms with Crippen LogP contribution in [0.2, 0.25) is 0 Å². The van der Waals surface area contributed by atoms with E-state index in [4.69, 9.17) is 31.7 Å². The van der Waals surface area contributed by atoms with Crippen LogP contribution in [0, 0.1) is 11.8 Å². The van der Waals surface area contributed by atoms with Crippen molar-refractivity contribution in [2.24, 2.45) is 11.8 Å². The van der Waals surface area contributed by atoms with E-state index >= 15 is 0 Å². The van der Waals surface area contributed by atoms with Crippen molar-refractivity contribution in [3.63, 3.8) is 0 Å². The fourth-order valence-corrected chi connectivity index (χ4v) is 5.71. The summed E-state index contributed by atoms with van der Waals surface area (Å²) in [6, 6.07) is -0.430. The average Bonchev–Trinajstić information content (AvgIpc) is 3.72. The molecule has 1 heterocycles. The Morgan fingerprint density at radius 3 is 2.30 bits per heavy atom. The van der Waals surface area contributed by atoms with Gasteiger partial charge in [0.25, 0.3) is 0 Å². The quantitative estimate of drug-likeness (QED) is 0.0738. The summed E-state index contributed by atoms with van der Waals surface area (Å²) in [4.78, 5) is 36.6. The van der Waals surface area contributed by atoms with E-state index in [2.05, 4.69) is 21.2 Å². The Bertz CT molecular complexity index is 940. The maximum absolute atomic E-state index is 13.1. The van der Waals surface area contributed by atoms with Gasteiger partial charge in [0, 0.05) is 26.1 Å². The van der Waals surface area contributed by atoms with Crippen LogP contribution < -0.4 is 21.2 Å². The molecule has 1 spiro atoms. The van der Waals surface area contributed by atoms with E-state index in [-0.39, 0.29) is 36.5 Å². The Morgan fingerprint density at radius 2 is 1.73 bits per heavy atom. The number of unbranched alkanes of at least 4 members (excludes halogenated alkanes) is 3. The van der Waals surface area contributed by atoms with E-state index in [0.717, 1.165) is 32.1 Å². The molecule has 13 heteroatoms. The lowest BCUT2D eigenvalue weighted by molar-refractivity contribution is -0.172. The average molecular weight is 623 g/mol. The van der Waals surface area contributed by atoms with Crippen LogP contribution in [0.5, 0.6) is 0 Å². The molecule has 2 aliphatic rings. The molecule has 44 heavy (non-hydrogen) atoms. The van der Waals surface area contributed by atoms with Crippen molar-refractivity contribution in [3.8, 4) is 0 Å². The fraction of sp³-hybridized carbons (Fsp3) is 0.839. The Balaban J connectivity index is 1.79. The zero-order chi connectivity index (χ0) is 32.8. The van der Waals surface area contributed by atoms with Gasteiger partial charge in [-0.15, -0.1) is 0 Å². The lowest BCUT2D eigenvalue weighted by atomic mass is 9.68. The molecule has 250 valence electrons. The van der Waals surface area contributed by atoms with Crippen molar-refractivity contribution >= 4 is 26.1 Å². The first-order chi connectivity index (χ1) is 20.8. The molecular formula is C31H55BN4O8. The summed E-state index contributed by atoms with van der Waals surface area (Å²) >= 11 is 0. The second-order valence-electron chi connectivity index (χ2n) is 12.9. The number of hydrogen-bond donors (Lipinski definition) is 4. The van der Waals surface area contributed by atoms with E-state index < -0.39 is 36.0 Å². The van der Waals surface area contributed by atoms with E-state index in [1.807, 2.05) is 47.6 Å². The van der Waals surface area contributed by atoms with Gasteiger partial charge in [-0.3, -0.25) is 4.79 Å². The normalized spacial score (nSPS) is 23.5. The number of nitrogens with one attached hydrogen (secondary N) is 4. The van der Waals surface area contributed by atoms with Crippen LogP contribution in [0.15, 0.2) is 11.6 Å². The van der Waals surface area contributed by atoms with Crippen LogP contribution in [-0.4, -0.2) is 102 Å². The van der Waals surface area contributed by atoms with Crippen molar-refractivity contribution < 1.29 is 38.1 Å². The first kappa shape index (κ1) is 37.8. The van der Waals surface area contributed by atoms with E-state index in [1.54, 1.807) is 7.11 Å². The Labute approximate surface area is 264 Å². The van der Waals surface area contributed by atoms with Crippen molar-refractivity contribution in [1.29, 1.82) is 0 Å². The smallest absolute Gasteiger partial charge is 0.407 e. The molecule has 0 aromatic rings. The maximum atomic E-state index is 13.1. The first-order valence-corrected chi connectivity index (χ1v) is 15.9. The lowest BCUT2D eigenvalue weighted by Crippen LogP contribution is -2.59. The van der Waals surface area contributed by atoms with Gasteiger partial charge in [-0.2, -0.15) is 0 Å². The van der Waals surface area contributed by atoms with Gasteiger partial charge in [0.15, 0.2) is 7.98 Å². The van der Waals surface area contributed by atoms with Crippen LogP contribution in [0.4, 0.5) is 9.59 Å². The Kier molecular flexibility index (Phi) is 16.0. The second kappa shape index (κ2) is 18.6. The van der Waals surface area contributed by atoms with Gasteiger partial charge in [0.05, 0.1) is 37.0 Å². The van der Waals surface area contributed by atoms with Crippen molar-refractivity contribution in [2.45, 2.75) is 110 Å². The summed E-state index contributed by atoms with van der Waals surface area (Å²) in [5.41, 5.74) is 0.257. The third-order valence-corrected chi connectivity index (χ3v) is 8.32. The summed E-state index contributed by atoms with van der Waals surface area (Å²) in [7, 11) is 6.74. The molecular weight excluding hydrogens is 567 g/mol. The number of allylic oxidation sites excluding steroid dienone is 1. The molecule has 0 bridgehead atoms. The summed E-state index contributed by atoms with van der Waals surface area (Å²) in [5, 5.41) is 10.7. The Hall–Kier alpha value is -2.35. The molecule has 1 saturated heterocycles. The van der Waals surface area contributed by atoms with Crippen LogP contribution in [0.3, 0.4) is 0 Å². The fourth-order valence-electron chi connectivity index (χ4n) is 5.71.